The lowest BCUT2D eigenvalue weighted by Gasteiger charge is -2.37. The molecule has 1 saturated heterocycles. The molecule has 1 aliphatic rings. The molecule has 0 atom stereocenters. The molecule has 0 N–H and O–H groups in total. The van der Waals surface area contributed by atoms with E-state index in [4.69, 9.17) is 23.2 Å². The molecule has 0 bridgehead atoms. The van der Waals surface area contributed by atoms with Gasteiger partial charge in [-0.25, -0.2) is 9.37 Å². The van der Waals surface area contributed by atoms with Crippen LogP contribution >= 0.6 is 23.2 Å². The van der Waals surface area contributed by atoms with E-state index >= 15 is 0 Å². The zero-order valence-electron chi connectivity index (χ0n) is 11.1. The fourth-order valence-electron chi connectivity index (χ4n) is 2.43. The van der Waals surface area contributed by atoms with Crippen molar-refractivity contribution in [1.82, 2.24) is 9.97 Å². The van der Waals surface area contributed by atoms with Gasteiger partial charge in [0.15, 0.2) is 11.6 Å². The van der Waals surface area contributed by atoms with Gasteiger partial charge in [0.05, 0.1) is 16.9 Å². The van der Waals surface area contributed by atoms with Crippen molar-refractivity contribution in [1.29, 1.82) is 0 Å². The second-order valence-electron chi connectivity index (χ2n) is 4.74. The van der Waals surface area contributed by atoms with Crippen molar-refractivity contribution in [2.75, 3.05) is 36.0 Å². The van der Waals surface area contributed by atoms with Crippen LogP contribution in [0, 0.1) is 5.82 Å². The summed E-state index contributed by atoms with van der Waals surface area (Å²) in [4.78, 5) is 11.7. The maximum absolute atomic E-state index is 13.8. The van der Waals surface area contributed by atoms with Crippen LogP contribution in [-0.4, -0.2) is 36.1 Å². The number of halogens is 3. The SMILES string of the molecule is Fc1cnc(Cl)nc1N1CCN(c2ccccc2Cl)CC1. The summed E-state index contributed by atoms with van der Waals surface area (Å²) in [5, 5.41) is 0.780. The molecule has 0 radical (unpaired) electrons. The molecule has 2 aromatic rings. The molecule has 1 aromatic carbocycles. The Morgan fingerprint density at radius 1 is 1.00 bits per heavy atom. The van der Waals surface area contributed by atoms with E-state index in [1.54, 1.807) is 0 Å². The van der Waals surface area contributed by atoms with E-state index < -0.39 is 5.82 Å². The average molecular weight is 327 g/mol. The van der Waals surface area contributed by atoms with Crippen molar-refractivity contribution < 1.29 is 4.39 Å². The minimum atomic E-state index is -0.453. The third-order valence-electron chi connectivity index (χ3n) is 3.47. The molecular weight excluding hydrogens is 314 g/mol. The van der Waals surface area contributed by atoms with Gasteiger partial charge in [0, 0.05) is 26.2 Å². The lowest BCUT2D eigenvalue weighted by molar-refractivity contribution is 0.583. The topological polar surface area (TPSA) is 32.3 Å². The van der Waals surface area contributed by atoms with Crippen LogP contribution in [0.4, 0.5) is 15.9 Å². The molecule has 1 aliphatic heterocycles. The summed E-state index contributed by atoms with van der Waals surface area (Å²) in [6.07, 6.45) is 1.10. The van der Waals surface area contributed by atoms with Crippen LogP contribution in [0.2, 0.25) is 10.3 Å². The van der Waals surface area contributed by atoms with Crippen molar-refractivity contribution in [3.63, 3.8) is 0 Å². The largest absolute Gasteiger partial charge is 0.367 e. The highest BCUT2D eigenvalue weighted by atomic mass is 35.5. The Hall–Kier alpha value is -1.59. The minimum absolute atomic E-state index is 0.0555. The summed E-state index contributed by atoms with van der Waals surface area (Å²) >= 11 is 11.9. The highest BCUT2D eigenvalue weighted by Gasteiger charge is 2.22. The molecular formula is C14H13Cl2FN4. The Morgan fingerprint density at radius 3 is 2.38 bits per heavy atom. The standard InChI is InChI=1S/C14H13Cl2FN4/c15-10-3-1-2-4-12(10)20-5-7-21(8-6-20)13-11(17)9-18-14(16)19-13/h1-4,9H,5-8H2. The smallest absolute Gasteiger partial charge is 0.224 e. The monoisotopic (exact) mass is 326 g/mol. The Bertz CT molecular complexity index is 645. The number of para-hydroxylation sites is 1. The fraction of sp³-hybridized carbons (Fsp3) is 0.286. The van der Waals surface area contributed by atoms with Crippen LogP contribution in [0.15, 0.2) is 30.5 Å². The number of anilines is 2. The van der Waals surface area contributed by atoms with Gasteiger partial charge in [-0.15, -0.1) is 0 Å². The van der Waals surface area contributed by atoms with Crippen LogP contribution in [-0.2, 0) is 0 Å². The van der Waals surface area contributed by atoms with E-state index in [2.05, 4.69) is 14.9 Å². The summed E-state index contributed by atoms with van der Waals surface area (Å²) < 4.78 is 13.8. The Labute approximate surface area is 132 Å². The van der Waals surface area contributed by atoms with Gasteiger partial charge in [-0.05, 0) is 23.7 Å². The number of benzene rings is 1. The van der Waals surface area contributed by atoms with Gasteiger partial charge in [0.1, 0.15) is 0 Å². The van der Waals surface area contributed by atoms with Crippen molar-refractivity contribution in [2.24, 2.45) is 0 Å². The minimum Gasteiger partial charge on any atom is -0.367 e. The molecule has 1 aromatic heterocycles. The molecule has 7 heteroatoms. The fourth-order valence-corrected chi connectivity index (χ4v) is 2.81. The van der Waals surface area contributed by atoms with Crippen molar-refractivity contribution in [2.45, 2.75) is 0 Å². The van der Waals surface area contributed by atoms with Gasteiger partial charge < -0.3 is 9.80 Å². The van der Waals surface area contributed by atoms with Gasteiger partial charge in [-0.1, -0.05) is 23.7 Å². The van der Waals surface area contributed by atoms with E-state index in [0.717, 1.165) is 30.0 Å². The lowest BCUT2D eigenvalue weighted by Crippen LogP contribution is -2.47. The molecule has 21 heavy (non-hydrogen) atoms. The third kappa shape index (κ3) is 3.04. The predicted molar refractivity (Wildman–Crippen MR) is 82.9 cm³/mol. The van der Waals surface area contributed by atoms with Gasteiger partial charge in [-0.2, -0.15) is 4.98 Å². The third-order valence-corrected chi connectivity index (χ3v) is 3.97. The second kappa shape index (κ2) is 6.03. The normalized spacial score (nSPS) is 15.4. The maximum Gasteiger partial charge on any atom is 0.224 e. The van der Waals surface area contributed by atoms with Crippen LogP contribution in [0.1, 0.15) is 0 Å². The van der Waals surface area contributed by atoms with Crippen molar-refractivity contribution in [3.05, 3.63) is 46.6 Å². The number of aromatic nitrogens is 2. The summed E-state index contributed by atoms with van der Waals surface area (Å²) in [5.41, 5.74) is 1.00. The molecule has 3 rings (SSSR count). The predicted octanol–water partition coefficient (Wildman–Crippen LogP) is 3.25. The van der Waals surface area contributed by atoms with E-state index in [0.29, 0.717) is 13.1 Å². The zero-order valence-corrected chi connectivity index (χ0v) is 12.6. The number of rotatable bonds is 2. The first-order chi connectivity index (χ1) is 10.1. The molecule has 0 amide bonds. The van der Waals surface area contributed by atoms with Gasteiger partial charge in [-0.3, -0.25) is 0 Å². The Kier molecular flexibility index (Phi) is 4.12. The second-order valence-corrected chi connectivity index (χ2v) is 5.48. The summed E-state index contributed by atoms with van der Waals surface area (Å²) in [6.45, 7) is 2.78. The molecule has 1 fully saturated rings. The summed E-state index contributed by atoms with van der Waals surface area (Å²) in [6, 6.07) is 7.71. The first-order valence-corrected chi connectivity index (χ1v) is 7.33. The van der Waals surface area contributed by atoms with E-state index in [1.807, 2.05) is 29.2 Å². The summed E-state index contributed by atoms with van der Waals surface area (Å²) in [5.74, 6) is -0.195. The molecule has 4 nitrogen and oxygen atoms in total. The van der Waals surface area contributed by atoms with Crippen LogP contribution in [0.5, 0.6) is 0 Å². The van der Waals surface area contributed by atoms with Crippen LogP contribution in [0.25, 0.3) is 0 Å². The number of nitrogens with zero attached hydrogens (tertiary/aromatic N) is 4. The van der Waals surface area contributed by atoms with E-state index in [9.17, 15) is 4.39 Å². The van der Waals surface area contributed by atoms with Gasteiger partial charge in [0.25, 0.3) is 0 Å². The van der Waals surface area contributed by atoms with E-state index in [-0.39, 0.29) is 11.1 Å². The van der Waals surface area contributed by atoms with Crippen LogP contribution in [0.3, 0.4) is 0 Å². The van der Waals surface area contributed by atoms with Gasteiger partial charge in [0.2, 0.25) is 5.28 Å². The highest BCUT2D eigenvalue weighted by Crippen LogP contribution is 2.27. The lowest BCUT2D eigenvalue weighted by atomic mass is 10.2. The molecule has 0 aliphatic carbocycles. The molecule has 0 saturated carbocycles. The van der Waals surface area contributed by atoms with Crippen molar-refractivity contribution in [3.8, 4) is 0 Å². The molecule has 0 unspecified atom stereocenters. The molecule has 110 valence electrons. The quantitative estimate of drug-likeness (QED) is 0.793. The summed E-state index contributed by atoms with van der Waals surface area (Å²) in [7, 11) is 0. The van der Waals surface area contributed by atoms with Gasteiger partial charge >= 0.3 is 0 Å². The molecule has 2 heterocycles. The Morgan fingerprint density at radius 2 is 1.67 bits per heavy atom. The van der Waals surface area contributed by atoms with Crippen molar-refractivity contribution >= 4 is 34.7 Å². The first-order valence-electron chi connectivity index (χ1n) is 6.57. The highest BCUT2D eigenvalue weighted by molar-refractivity contribution is 6.33. The number of piperazine rings is 1. The first kappa shape index (κ1) is 14.4. The average Bonchev–Trinajstić information content (AvgIpc) is 2.50. The number of hydrogen-bond donors (Lipinski definition) is 0. The number of hydrogen-bond acceptors (Lipinski definition) is 4. The van der Waals surface area contributed by atoms with E-state index in [1.165, 1.54) is 0 Å². The Balaban J connectivity index is 1.73. The molecule has 0 spiro atoms. The zero-order chi connectivity index (χ0) is 14.8. The maximum atomic E-state index is 13.8. The van der Waals surface area contributed by atoms with Crippen LogP contribution < -0.4 is 9.80 Å².